The Morgan fingerprint density at radius 1 is 1.54 bits per heavy atom. The van der Waals surface area contributed by atoms with Gasteiger partial charge in [0.1, 0.15) is 0 Å². The summed E-state index contributed by atoms with van der Waals surface area (Å²) in [6, 6.07) is -1.51. The van der Waals surface area contributed by atoms with Crippen molar-refractivity contribution < 1.29 is 48.2 Å². The van der Waals surface area contributed by atoms with E-state index in [0.29, 0.717) is 0 Å². The maximum atomic E-state index is 10.7. The molecule has 1 unspecified atom stereocenters. The molecule has 1 aliphatic heterocycles. The first-order valence-electron chi connectivity index (χ1n) is 2.77. The van der Waals surface area contributed by atoms with Crippen LogP contribution in [0.2, 0.25) is 0 Å². The normalized spacial score (nSPS) is 18.9. The van der Waals surface area contributed by atoms with Crippen LogP contribution in [0.1, 0.15) is 4.28 Å². The number of primary amides is 1. The molecule has 1 saturated heterocycles. The number of imide groups is 1. The van der Waals surface area contributed by atoms with Gasteiger partial charge in [-0.1, -0.05) is 0 Å². The van der Waals surface area contributed by atoms with Crippen molar-refractivity contribution in [2.24, 2.45) is 5.73 Å². The summed E-state index contributed by atoms with van der Waals surface area (Å²) in [5.74, 6) is -0.617. The summed E-state index contributed by atoms with van der Waals surface area (Å²) < 4.78 is 0. The number of hydrogen-bond donors (Lipinski definition) is 4. The van der Waals surface area contributed by atoms with Gasteiger partial charge in [0.2, 0.25) is 0 Å². The van der Waals surface area contributed by atoms with Gasteiger partial charge < -0.3 is 20.6 Å². The molecule has 1 heterocycles. The molecule has 0 aliphatic carbocycles. The molecular weight excluding hydrogens is 215 g/mol. The summed E-state index contributed by atoms with van der Waals surface area (Å²) in [7, 11) is 0. The molecule has 1 atom stereocenters. The van der Waals surface area contributed by atoms with Crippen molar-refractivity contribution in [2.45, 2.75) is 6.17 Å². The van der Waals surface area contributed by atoms with Gasteiger partial charge in [-0.15, -0.1) is 0 Å². The summed E-state index contributed by atoms with van der Waals surface area (Å²) in [6.07, 6.45) is -1.04. The Bertz CT molecular complexity index is 247. The molecule has 1 fully saturated rings. The molecule has 0 radical (unpaired) electrons. The van der Waals surface area contributed by atoms with Gasteiger partial charge in [0, 0.05) is 0 Å². The quantitative estimate of drug-likeness (QED) is 0.263. The average Bonchev–Trinajstić information content (AvgIpc) is 2.09. The number of rotatable bonds is 1. The van der Waals surface area contributed by atoms with Crippen LogP contribution in [0.4, 0.5) is 9.59 Å². The van der Waals surface area contributed by atoms with Gasteiger partial charge in [-0.2, -0.15) is 0 Å². The van der Waals surface area contributed by atoms with Crippen LogP contribution in [0.15, 0.2) is 0 Å². The summed E-state index contributed by atoms with van der Waals surface area (Å²) >= 11 is 0. The zero-order valence-corrected chi connectivity index (χ0v) is 11.3. The fraction of sp³-hybridized carbons (Fsp3) is 0.250. The molecule has 0 bridgehead atoms. The predicted octanol–water partition coefficient (Wildman–Crippen LogP) is -5.22. The first-order valence-corrected chi connectivity index (χ1v) is 2.77. The summed E-state index contributed by atoms with van der Waals surface area (Å²) in [4.78, 5) is 31.3. The van der Waals surface area contributed by atoms with E-state index in [2.05, 4.69) is 5.32 Å². The molecule has 5 amide bonds. The molecule has 5 N–H and O–H groups in total. The van der Waals surface area contributed by atoms with Crippen molar-refractivity contribution in [2.75, 3.05) is 0 Å². The van der Waals surface area contributed by atoms with Gasteiger partial charge in [-0.25, -0.2) is 9.59 Å². The number of nitrogens with two attached hydrogens (primary N) is 1. The minimum Gasteiger partial charge on any atom is -1.00 e. The van der Waals surface area contributed by atoms with E-state index in [1.807, 2.05) is 10.6 Å². The van der Waals surface area contributed by atoms with Gasteiger partial charge in [-0.05, 0) is 0 Å². The third-order valence-electron chi connectivity index (χ3n) is 1.06. The second-order valence-corrected chi connectivity index (χ2v) is 1.90. The van der Waals surface area contributed by atoms with E-state index in [0.717, 1.165) is 0 Å². The number of carbonyl (C=O) groups excluding carboxylic acids is 3. The maximum absolute atomic E-state index is 10.7. The van der Waals surface area contributed by atoms with Crippen LogP contribution in [0.5, 0.6) is 0 Å². The fourth-order valence-electron chi connectivity index (χ4n) is 0.661. The third kappa shape index (κ3) is 5.04. The van der Waals surface area contributed by atoms with Crippen LogP contribution in [0.25, 0.3) is 0 Å². The molecule has 0 saturated carbocycles. The predicted molar refractivity (Wildman–Crippen MR) is 42.3 cm³/mol. The molecule has 0 aromatic rings. The Kier molecular flexibility index (Phi) is 8.40. The van der Waals surface area contributed by atoms with E-state index in [1.54, 1.807) is 0 Å². The van der Waals surface area contributed by atoms with Crippen molar-refractivity contribution in [1.29, 1.82) is 0 Å². The number of hydrogen-bond acceptors (Lipinski definition) is 3. The zero-order chi connectivity index (χ0) is 8.43. The second-order valence-electron chi connectivity index (χ2n) is 1.90. The topological polar surface area (TPSA) is 113 Å². The second kappa shape index (κ2) is 6.85. The van der Waals surface area contributed by atoms with E-state index in [1.165, 1.54) is 0 Å². The van der Waals surface area contributed by atoms with Crippen LogP contribution in [-0.4, -0.2) is 61.9 Å². The van der Waals surface area contributed by atoms with E-state index < -0.39 is 24.1 Å². The van der Waals surface area contributed by atoms with Gasteiger partial charge in [0.25, 0.3) is 5.91 Å². The summed E-state index contributed by atoms with van der Waals surface area (Å²) in [5, 5.41) is 6.05. The molecule has 0 aromatic carbocycles. The Morgan fingerprint density at radius 3 is 2.38 bits per heavy atom. The summed E-state index contributed by atoms with van der Waals surface area (Å²) in [5.41, 5.74) is 4.70. The smallest absolute Gasteiger partial charge is 1.00 e. The Morgan fingerprint density at radius 2 is 2.08 bits per heavy atom. The average molecular weight is 224 g/mol. The number of nitrogens with one attached hydrogen (secondary N) is 3. The van der Waals surface area contributed by atoms with Crippen molar-refractivity contribution in [3.05, 3.63) is 0 Å². The van der Waals surface area contributed by atoms with Crippen molar-refractivity contribution in [3.8, 4) is 0 Å². The van der Waals surface area contributed by atoms with E-state index in [-0.39, 0.29) is 71.6 Å². The number of urea groups is 2. The van der Waals surface area contributed by atoms with E-state index >= 15 is 0 Å². The Balaban J connectivity index is -0.0000000807. The molecular formula is C4H9CaN4NaO3. The van der Waals surface area contributed by atoms with Crippen LogP contribution in [0, 0.1) is 0 Å². The summed E-state index contributed by atoms with van der Waals surface area (Å²) in [6.45, 7) is 0. The van der Waals surface area contributed by atoms with Crippen molar-refractivity contribution in [1.82, 2.24) is 16.0 Å². The van der Waals surface area contributed by atoms with Crippen LogP contribution < -0.4 is 51.2 Å². The molecule has 0 aromatic heterocycles. The fourth-order valence-corrected chi connectivity index (χ4v) is 0.661. The first-order chi connectivity index (χ1) is 5.09. The van der Waals surface area contributed by atoms with Gasteiger partial charge in [-0.3, -0.25) is 10.1 Å². The minimum atomic E-state index is -1.04. The van der Waals surface area contributed by atoms with Crippen molar-refractivity contribution in [3.63, 3.8) is 0 Å². The molecule has 7 nitrogen and oxygen atoms in total. The largest absolute Gasteiger partial charge is 2.00 e. The number of carbonyl (C=O) groups is 3. The van der Waals surface area contributed by atoms with Crippen molar-refractivity contribution >= 4 is 55.7 Å². The maximum Gasteiger partial charge on any atom is 2.00 e. The molecule has 13 heavy (non-hydrogen) atoms. The molecule has 1 rings (SSSR count). The van der Waals surface area contributed by atoms with Crippen LogP contribution in [0.3, 0.4) is 0 Å². The van der Waals surface area contributed by atoms with Crippen LogP contribution in [-0.2, 0) is 4.79 Å². The Labute approximate surface area is 130 Å². The first kappa shape index (κ1) is 15.9. The SMILES string of the molecule is NC(=O)NC1NC(=O)NC1=O.[Ca+2].[H-].[H-].[H-].[Na+]. The molecule has 0 spiro atoms. The van der Waals surface area contributed by atoms with Gasteiger partial charge in [0.15, 0.2) is 6.17 Å². The minimum absolute atomic E-state index is 0. The third-order valence-corrected chi connectivity index (χ3v) is 1.06. The van der Waals surface area contributed by atoms with Gasteiger partial charge in [0.05, 0.1) is 0 Å². The number of amides is 5. The van der Waals surface area contributed by atoms with E-state index in [9.17, 15) is 14.4 Å². The zero-order valence-electron chi connectivity index (χ0n) is 10.1. The monoisotopic (exact) mass is 224 g/mol. The van der Waals surface area contributed by atoms with E-state index in [4.69, 9.17) is 5.73 Å². The standard InChI is InChI=1S/C4H6N4O3.Ca.Na.3H/c5-3(10)6-1-2(9)8-4(11)7-1;;;;;/h1H,(H3,5,6,10)(H2,7,8,9,11);;;;;/q;+2;+1;3*-1. The van der Waals surface area contributed by atoms with Crippen LogP contribution >= 0.6 is 0 Å². The molecule has 9 heteroatoms. The Hall–Kier alpha value is 0.470. The molecule has 1 aliphatic rings. The molecule has 66 valence electrons. The van der Waals surface area contributed by atoms with Gasteiger partial charge >= 0.3 is 79.4 Å².